The highest BCUT2D eigenvalue weighted by Crippen LogP contribution is 2.47. The zero-order chi connectivity index (χ0) is 59.3. The third-order valence-corrected chi connectivity index (χ3v) is 16.6. The zero-order valence-corrected chi connectivity index (χ0v) is 52.5. The number of benzene rings is 7. The molecular formula is C74H96N6O4S. The lowest BCUT2D eigenvalue weighted by Gasteiger charge is -2.26. The van der Waals surface area contributed by atoms with Gasteiger partial charge in [0.25, 0.3) is 0 Å². The molecule has 8 rings (SSSR count). The molecule has 11 heteroatoms. The number of hydrogen-bond donors (Lipinski definition) is 2. The largest absolute Gasteiger partial charge is 0.494 e. The smallest absolute Gasteiger partial charge is 0.119 e. The lowest BCUT2D eigenvalue weighted by atomic mass is 9.93. The molecule has 0 saturated carbocycles. The number of nitrogens with zero attached hydrogens (tertiary/aromatic N) is 4. The Morgan fingerprint density at radius 3 is 0.741 bits per heavy atom. The summed E-state index contributed by atoms with van der Waals surface area (Å²) in [5, 5.41) is 0. The molecule has 0 radical (unpaired) electrons. The van der Waals surface area contributed by atoms with Gasteiger partial charge in [-0.05, 0) is 158 Å². The summed E-state index contributed by atoms with van der Waals surface area (Å²) < 4.78 is 34.6. The first-order valence-electron chi connectivity index (χ1n) is 32.5. The maximum Gasteiger partial charge on any atom is 0.119 e. The van der Waals surface area contributed by atoms with Crippen molar-refractivity contribution < 1.29 is 18.9 Å². The molecule has 8 aromatic rings. The van der Waals surface area contributed by atoms with Crippen molar-refractivity contribution in [1.82, 2.24) is 8.75 Å². The van der Waals surface area contributed by atoms with E-state index in [1.165, 1.54) is 140 Å². The third-order valence-electron chi connectivity index (χ3n) is 16.1. The summed E-state index contributed by atoms with van der Waals surface area (Å²) in [6, 6.07) is 50.6. The van der Waals surface area contributed by atoms with Crippen molar-refractivity contribution in [2.75, 3.05) is 47.7 Å². The summed E-state index contributed by atoms with van der Waals surface area (Å²) in [6.45, 7) is 11.9. The summed E-state index contributed by atoms with van der Waals surface area (Å²) in [6.07, 6.45) is 29.5. The van der Waals surface area contributed by atoms with Crippen molar-refractivity contribution in [3.63, 3.8) is 0 Å². The second-order valence-corrected chi connectivity index (χ2v) is 23.3. The maximum absolute atomic E-state index is 7.16. The molecular weight excluding hydrogens is 1070 g/mol. The van der Waals surface area contributed by atoms with Crippen molar-refractivity contribution in [2.24, 2.45) is 0 Å². The number of ether oxygens (including phenoxy) is 4. The van der Waals surface area contributed by atoms with Crippen molar-refractivity contribution >= 4 is 68.3 Å². The average Bonchev–Trinajstić information content (AvgIpc) is 3.96. The summed E-state index contributed by atoms with van der Waals surface area (Å²) in [7, 11) is 0. The van der Waals surface area contributed by atoms with Gasteiger partial charge in [-0.15, -0.1) is 0 Å². The molecule has 0 aliphatic rings. The number of rotatable bonds is 40. The molecule has 85 heavy (non-hydrogen) atoms. The van der Waals surface area contributed by atoms with E-state index in [4.69, 9.17) is 39.2 Å². The van der Waals surface area contributed by atoms with Crippen LogP contribution in [0.15, 0.2) is 146 Å². The van der Waals surface area contributed by atoms with E-state index < -0.39 is 0 Å². The normalized spacial score (nSPS) is 11.3. The van der Waals surface area contributed by atoms with Gasteiger partial charge < -0.3 is 40.2 Å². The Bertz CT molecular complexity index is 2800. The van der Waals surface area contributed by atoms with Crippen LogP contribution in [0.3, 0.4) is 0 Å². The van der Waals surface area contributed by atoms with Crippen LogP contribution >= 0.6 is 11.7 Å². The van der Waals surface area contributed by atoms with Gasteiger partial charge in [-0.3, -0.25) is 0 Å². The first-order chi connectivity index (χ1) is 41.9. The molecule has 0 spiro atoms. The second-order valence-electron chi connectivity index (χ2n) is 22.7. The summed E-state index contributed by atoms with van der Waals surface area (Å²) >= 11 is 1.17. The highest BCUT2D eigenvalue weighted by Gasteiger charge is 2.23. The van der Waals surface area contributed by atoms with Gasteiger partial charge >= 0.3 is 0 Å². The van der Waals surface area contributed by atoms with Crippen LogP contribution in [0.5, 0.6) is 23.0 Å². The number of anilines is 8. The van der Waals surface area contributed by atoms with Gasteiger partial charge in [-0.1, -0.05) is 180 Å². The standard InChI is InChI=1S/C74H96N6O4S/c1-5-9-13-17-21-25-53-81-65-45-37-61(38-46-65)79(62-39-47-66(48-40-62)82-54-26-22-18-14-10-6-2)59-33-29-57(30-34-59)69-71(75)72(76)70(74-73(69)77-85-78-74)58-31-35-60(36-32-58)80(63-41-49-67(50-42-63)83-55-27-23-19-15-11-7-3)64-43-51-68(52-44-64)84-56-28-24-20-16-12-8-4/h29-52H,5-28,53-56,75-76H2,1-4H3. The van der Waals surface area contributed by atoms with E-state index in [1.54, 1.807) is 0 Å². The van der Waals surface area contributed by atoms with Gasteiger partial charge in [-0.2, -0.15) is 8.75 Å². The molecule has 0 fully saturated rings. The molecule has 7 aromatic carbocycles. The van der Waals surface area contributed by atoms with Crippen molar-refractivity contribution in [2.45, 2.75) is 182 Å². The summed E-state index contributed by atoms with van der Waals surface area (Å²) in [5.41, 5.74) is 26.0. The Hall–Kier alpha value is -7.24. The van der Waals surface area contributed by atoms with E-state index in [2.05, 4.69) is 183 Å². The average molecular weight is 1170 g/mol. The molecule has 4 N–H and O–H groups in total. The quantitative estimate of drug-likeness (QED) is 0.0284. The molecule has 10 nitrogen and oxygen atoms in total. The van der Waals surface area contributed by atoms with E-state index in [0.717, 1.165) is 131 Å². The number of unbranched alkanes of at least 4 members (excludes halogenated alkanes) is 20. The number of aromatic nitrogens is 2. The number of nitrogens with two attached hydrogens (primary N) is 2. The predicted octanol–water partition coefficient (Wildman–Crippen LogP) is 22.1. The van der Waals surface area contributed by atoms with Gasteiger partial charge in [0, 0.05) is 45.3 Å². The van der Waals surface area contributed by atoms with E-state index in [1.807, 2.05) is 0 Å². The fourth-order valence-electron chi connectivity index (χ4n) is 11.1. The Morgan fingerprint density at radius 2 is 0.506 bits per heavy atom. The van der Waals surface area contributed by atoms with Crippen molar-refractivity contribution in [3.8, 4) is 45.3 Å². The van der Waals surface area contributed by atoms with Crippen molar-refractivity contribution in [3.05, 3.63) is 146 Å². The molecule has 0 bridgehead atoms. The summed E-state index contributed by atoms with van der Waals surface area (Å²) in [4.78, 5) is 4.51. The van der Waals surface area contributed by atoms with Gasteiger partial charge in [-0.25, -0.2) is 0 Å². The molecule has 0 amide bonds. The van der Waals surface area contributed by atoms with Crippen LogP contribution in [0.25, 0.3) is 33.3 Å². The lowest BCUT2D eigenvalue weighted by molar-refractivity contribution is 0.304. The summed E-state index contributed by atoms with van der Waals surface area (Å²) in [5.74, 6) is 3.49. The minimum absolute atomic E-state index is 0.469. The predicted molar refractivity (Wildman–Crippen MR) is 362 cm³/mol. The van der Waals surface area contributed by atoms with E-state index >= 15 is 0 Å². The fourth-order valence-corrected chi connectivity index (χ4v) is 11.7. The molecule has 0 aliphatic carbocycles. The van der Waals surface area contributed by atoms with Gasteiger partial charge in [0.15, 0.2) is 0 Å². The van der Waals surface area contributed by atoms with Crippen LogP contribution in [0.4, 0.5) is 45.5 Å². The minimum Gasteiger partial charge on any atom is -0.494 e. The van der Waals surface area contributed by atoms with E-state index in [9.17, 15) is 0 Å². The maximum atomic E-state index is 7.16. The highest BCUT2D eigenvalue weighted by molar-refractivity contribution is 7.00. The molecule has 1 heterocycles. The Labute approximate surface area is 513 Å². The lowest BCUT2D eigenvalue weighted by Crippen LogP contribution is -2.10. The molecule has 0 unspecified atom stereocenters. The number of nitrogen functional groups attached to an aromatic ring is 2. The van der Waals surface area contributed by atoms with E-state index in [0.29, 0.717) is 22.4 Å². The van der Waals surface area contributed by atoms with Crippen LogP contribution in [-0.2, 0) is 0 Å². The SMILES string of the molecule is CCCCCCCCOc1ccc(N(c2ccc(OCCCCCCCC)cc2)c2ccc(-c3c(N)c(N)c(-c4ccc(N(c5ccc(OCCCCCCCC)cc5)c5ccc(OCCCCCCCC)cc5)cc4)c4nsnc34)cc2)cc1. The molecule has 0 aliphatic heterocycles. The van der Waals surface area contributed by atoms with E-state index in [-0.39, 0.29) is 0 Å². The third kappa shape index (κ3) is 18.9. The topological polar surface area (TPSA) is 121 Å². The van der Waals surface area contributed by atoms with Gasteiger partial charge in [0.2, 0.25) is 0 Å². The Balaban J connectivity index is 1.02. The molecule has 0 saturated heterocycles. The fraction of sp³-hybridized carbons (Fsp3) is 0.432. The van der Waals surface area contributed by atoms with Crippen LogP contribution in [0.1, 0.15) is 182 Å². The van der Waals surface area contributed by atoms with Gasteiger partial charge in [0.1, 0.15) is 34.0 Å². The monoisotopic (exact) mass is 1160 g/mol. The molecule has 452 valence electrons. The Kier molecular flexibility index (Phi) is 26.5. The number of hydrogen-bond acceptors (Lipinski definition) is 11. The minimum atomic E-state index is 0.469. The molecule has 1 aromatic heterocycles. The van der Waals surface area contributed by atoms with Crippen LogP contribution in [0, 0.1) is 0 Å². The second kappa shape index (κ2) is 35.3. The first-order valence-corrected chi connectivity index (χ1v) is 33.2. The van der Waals surface area contributed by atoms with Crippen LogP contribution < -0.4 is 40.2 Å². The zero-order valence-electron chi connectivity index (χ0n) is 51.6. The molecule has 0 atom stereocenters. The first kappa shape index (κ1) is 63.8. The van der Waals surface area contributed by atoms with Gasteiger partial charge in [0.05, 0.1) is 49.5 Å². The highest BCUT2D eigenvalue weighted by atomic mass is 32.1. The van der Waals surface area contributed by atoms with Crippen LogP contribution in [0.2, 0.25) is 0 Å². The van der Waals surface area contributed by atoms with Crippen molar-refractivity contribution in [1.29, 1.82) is 0 Å². The van der Waals surface area contributed by atoms with Crippen LogP contribution in [-0.4, -0.2) is 35.2 Å². The number of fused-ring (bicyclic) bond motifs is 1. The Morgan fingerprint density at radius 1 is 0.294 bits per heavy atom.